The van der Waals surface area contributed by atoms with E-state index in [0.29, 0.717) is 23.2 Å². The number of pyridine rings is 1. The molecule has 1 aromatic rings. The van der Waals surface area contributed by atoms with Gasteiger partial charge in [-0.2, -0.15) is 0 Å². The topological polar surface area (TPSA) is 79.5 Å². The Morgan fingerprint density at radius 3 is 3.06 bits per heavy atom. The highest BCUT2D eigenvalue weighted by molar-refractivity contribution is 9.10. The van der Waals surface area contributed by atoms with E-state index in [2.05, 4.69) is 20.9 Å². The third-order valence-electron chi connectivity index (χ3n) is 2.87. The number of anilines is 1. The van der Waals surface area contributed by atoms with Gasteiger partial charge in [0.15, 0.2) is 6.20 Å². The second-order valence-electron chi connectivity index (χ2n) is 4.04. The molecule has 7 heteroatoms. The lowest BCUT2D eigenvalue weighted by Crippen LogP contribution is -2.22. The molecule has 0 unspecified atom stereocenters. The molecule has 1 aromatic heterocycles. The highest BCUT2D eigenvalue weighted by Crippen LogP contribution is 2.32. The molecule has 0 radical (unpaired) electrons. The minimum atomic E-state index is -0.478. The van der Waals surface area contributed by atoms with E-state index >= 15 is 0 Å². The first-order valence-electron chi connectivity index (χ1n) is 5.27. The Labute approximate surface area is 107 Å². The Morgan fingerprint density at radius 1 is 1.71 bits per heavy atom. The van der Waals surface area contributed by atoms with Crippen LogP contribution in [-0.4, -0.2) is 34.7 Å². The maximum atomic E-state index is 10.9. The Morgan fingerprint density at radius 2 is 2.47 bits per heavy atom. The molecule has 92 valence electrons. The Balaban J connectivity index is 2.31. The Hall–Kier alpha value is -1.21. The molecule has 2 rings (SSSR count). The molecule has 6 nitrogen and oxygen atoms in total. The molecule has 1 aliphatic rings. The minimum absolute atomic E-state index is 0.117. The van der Waals surface area contributed by atoms with E-state index < -0.39 is 4.92 Å². The zero-order chi connectivity index (χ0) is 12.4. The average molecular weight is 302 g/mol. The van der Waals surface area contributed by atoms with Gasteiger partial charge in [-0.1, -0.05) is 0 Å². The van der Waals surface area contributed by atoms with Gasteiger partial charge in [-0.15, -0.1) is 0 Å². The van der Waals surface area contributed by atoms with Crippen molar-refractivity contribution in [2.24, 2.45) is 5.92 Å². The molecule has 0 bridgehead atoms. The molecule has 1 fully saturated rings. The van der Waals surface area contributed by atoms with Crippen molar-refractivity contribution in [3.8, 4) is 0 Å². The van der Waals surface area contributed by atoms with Crippen LogP contribution in [0.5, 0.6) is 0 Å². The zero-order valence-corrected chi connectivity index (χ0v) is 10.6. The monoisotopic (exact) mass is 301 g/mol. The fourth-order valence-corrected chi connectivity index (χ4v) is 2.31. The summed E-state index contributed by atoms with van der Waals surface area (Å²) in [6, 6.07) is 1.70. The number of aliphatic hydroxyl groups is 1. The number of halogens is 1. The summed E-state index contributed by atoms with van der Waals surface area (Å²) < 4.78 is 0.713. The molecule has 1 atom stereocenters. The van der Waals surface area contributed by atoms with E-state index in [4.69, 9.17) is 5.11 Å². The van der Waals surface area contributed by atoms with E-state index in [1.165, 1.54) is 6.20 Å². The average Bonchev–Trinajstić information content (AvgIpc) is 2.76. The van der Waals surface area contributed by atoms with E-state index in [1.807, 2.05) is 4.90 Å². The fraction of sp³-hybridized carbons (Fsp3) is 0.500. The summed E-state index contributed by atoms with van der Waals surface area (Å²) in [6.07, 6.45) is 2.27. The lowest BCUT2D eigenvalue weighted by Gasteiger charge is -2.17. The van der Waals surface area contributed by atoms with E-state index in [9.17, 15) is 10.1 Å². The summed E-state index contributed by atoms with van der Waals surface area (Å²) in [5.41, 5.74) is 0.514. The quantitative estimate of drug-likeness (QED) is 0.677. The summed E-state index contributed by atoms with van der Waals surface area (Å²) in [5.74, 6) is 0.0559. The van der Waals surface area contributed by atoms with Crippen molar-refractivity contribution < 1.29 is 10.0 Å². The van der Waals surface area contributed by atoms with Gasteiger partial charge in [0.2, 0.25) is 0 Å². The van der Waals surface area contributed by atoms with Gasteiger partial charge in [0.05, 0.1) is 4.47 Å². The molecule has 0 amide bonds. The van der Waals surface area contributed by atoms with Crippen LogP contribution in [0.15, 0.2) is 16.7 Å². The third kappa shape index (κ3) is 2.55. The van der Waals surface area contributed by atoms with Gasteiger partial charge in [0.25, 0.3) is 0 Å². The van der Waals surface area contributed by atoms with Crippen LogP contribution in [0, 0.1) is 16.0 Å². The highest BCUT2D eigenvalue weighted by Gasteiger charge is 2.28. The summed E-state index contributed by atoms with van der Waals surface area (Å²) in [5, 5.41) is 20.0. The van der Waals surface area contributed by atoms with Gasteiger partial charge in [0, 0.05) is 25.6 Å². The number of hydrogen-bond acceptors (Lipinski definition) is 5. The second-order valence-corrected chi connectivity index (χ2v) is 4.95. The van der Waals surface area contributed by atoms with Gasteiger partial charge in [-0.25, -0.2) is 0 Å². The van der Waals surface area contributed by atoms with Crippen molar-refractivity contribution in [1.82, 2.24) is 4.98 Å². The second kappa shape index (κ2) is 4.97. The number of aromatic nitrogens is 1. The number of nitrogens with zero attached hydrogens (tertiary/aromatic N) is 3. The molecular formula is C10H12BrN3O3. The van der Waals surface area contributed by atoms with Gasteiger partial charge < -0.3 is 20.1 Å². The Kier molecular flexibility index (Phi) is 3.58. The third-order valence-corrected chi connectivity index (χ3v) is 3.31. The molecule has 0 spiro atoms. The molecular weight excluding hydrogens is 290 g/mol. The smallest absolute Gasteiger partial charge is 0.387 e. The van der Waals surface area contributed by atoms with Gasteiger partial charge in [0.1, 0.15) is 5.69 Å². The normalized spacial score (nSPS) is 19.6. The maximum Gasteiger partial charge on any atom is 0.387 e. The summed E-state index contributed by atoms with van der Waals surface area (Å²) >= 11 is 3.26. The van der Waals surface area contributed by atoms with E-state index in [-0.39, 0.29) is 18.3 Å². The molecule has 17 heavy (non-hydrogen) atoms. The number of aliphatic hydroxyl groups excluding tert-OH is 1. The SMILES string of the molecule is O=[N+]([O-])c1ncc(Br)cc1N1CC[C@@H](CO)C1. The van der Waals surface area contributed by atoms with Crippen molar-refractivity contribution in [1.29, 1.82) is 0 Å². The van der Waals surface area contributed by atoms with Crippen LogP contribution in [0.2, 0.25) is 0 Å². The van der Waals surface area contributed by atoms with Crippen LogP contribution in [-0.2, 0) is 0 Å². The van der Waals surface area contributed by atoms with Gasteiger partial charge in [-0.3, -0.25) is 0 Å². The van der Waals surface area contributed by atoms with E-state index in [1.54, 1.807) is 6.07 Å². The lowest BCUT2D eigenvalue weighted by molar-refractivity contribution is -0.388. The van der Waals surface area contributed by atoms with Gasteiger partial charge >= 0.3 is 5.82 Å². The first-order valence-corrected chi connectivity index (χ1v) is 6.07. The number of nitro groups is 1. The minimum Gasteiger partial charge on any atom is -0.396 e. The highest BCUT2D eigenvalue weighted by atomic mass is 79.9. The number of rotatable bonds is 3. The van der Waals surface area contributed by atoms with Crippen molar-refractivity contribution in [3.05, 3.63) is 26.9 Å². The first kappa shape index (κ1) is 12.3. The summed E-state index contributed by atoms with van der Waals surface area (Å²) in [7, 11) is 0. The van der Waals surface area contributed by atoms with E-state index in [0.717, 1.165) is 6.42 Å². The molecule has 0 aliphatic carbocycles. The first-order chi connectivity index (χ1) is 8.11. The van der Waals surface area contributed by atoms with Crippen molar-refractivity contribution in [3.63, 3.8) is 0 Å². The van der Waals surface area contributed by atoms with Crippen LogP contribution >= 0.6 is 15.9 Å². The maximum absolute atomic E-state index is 10.9. The van der Waals surface area contributed by atoms with Crippen LogP contribution in [0.25, 0.3) is 0 Å². The van der Waals surface area contributed by atoms with Crippen molar-refractivity contribution >= 4 is 27.4 Å². The molecule has 1 N–H and O–H groups in total. The summed E-state index contributed by atoms with van der Waals surface area (Å²) in [6.45, 7) is 1.46. The zero-order valence-electron chi connectivity index (χ0n) is 9.04. The predicted molar refractivity (Wildman–Crippen MR) is 66.0 cm³/mol. The standard InChI is InChI=1S/C10H12BrN3O3/c11-8-3-9(10(12-4-8)14(16)17)13-2-1-7(5-13)6-15/h3-4,7,15H,1-2,5-6H2/t7-/m1/s1. The summed E-state index contributed by atoms with van der Waals surface area (Å²) in [4.78, 5) is 16.1. The van der Waals surface area contributed by atoms with Gasteiger partial charge in [-0.05, 0) is 38.3 Å². The Bertz CT molecular complexity index is 441. The lowest BCUT2D eigenvalue weighted by atomic mass is 10.1. The number of hydrogen-bond donors (Lipinski definition) is 1. The molecule has 0 aromatic carbocycles. The van der Waals surface area contributed by atoms with Crippen LogP contribution < -0.4 is 4.90 Å². The molecule has 1 aliphatic heterocycles. The molecule has 2 heterocycles. The van der Waals surface area contributed by atoms with Crippen LogP contribution in [0.3, 0.4) is 0 Å². The fourth-order valence-electron chi connectivity index (χ4n) is 2.00. The largest absolute Gasteiger partial charge is 0.396 e. The van der Waals surface area contributed by atoms with Crippen LogP contribution in [0.4, 0.5) is 11.5 Å². The molecule has 0 saturated carbocycles. The van der Waals surface area contributed by atoms with Crippen molar-refractivity contribution in [2.45, 2.75) is 6.42 Å². The predicted octanol–water partition coefficient (Wildman–Crippen LogP) is 1.57. The van der Waals surface area contributed by atoms with Crippen molar-refractivity contribution in [2.75, 3.05) is 24.6 Å². The van der Waals surface area contributed by atoms with Crippen LogP contribution in [0.1, 0.15) is 6.42 Å². The molecule has 1 saturated heterocycles.